The van der Waals surface area contributed by atoms with Gasteiger partial charge < -0.3 is 24.8 Å². The van der Waals surface area contributed by atoms with Crippen LogP contribution in [0.3, 0.4) is 0 Å². The van der Waals surface area contributed by atoms with Gasteiger partial charge >= 0.3 is 6.18 Å². The highest BCUT2D eigenvalue weighted by Crippen LogP contribution is 2.36. The highest BCUT2D eigenvalue weighted by molar-refractivity contribution is 6.22. The molecule has 4 aliphatic rings. The van der Waals surface area contributed by atoms with Crippen molar-refractivity contribution in [1.29, 1.82) is 5.26 Å². The molecule has 0 saturated carbocycles. The van der Waals surface area contributed by atoms with Gasteiger partial charge in [0.05, 0.1) is 28.3 Å². The van der Waals surface area contributed by atoms with Crippen molar-refractivity contribution in [2.24, 2.45) is 11.8 Å². The Morgan fingerprint density at radius 2 is 1.54 bits per heavy atom. The van der Waals surface area contributed by atoms with E-state index < -0.39 is 29.3 Å². The predicted octanol–water partition coefficient (Wildman–Crippen LogP) is 5.02. The zero-order valence-corrected chi connectivity index (χ0v) is 33.8. The van der Waals surface area contributed by atoms with E-state index in [1.165, 1.54) is 17.0 Å². The van der Waals surface area contributed by atoms with Crippen LogP contribution in [0.1, 0.15) is 90.1 Å². The summed E-state index contributed by atoms with van der Waals surface area (Å²) in [5, 5.41) is 22.3. The van der Waals surface area contributed by atoms with Gasteiger partial charge in [0.25, 0.3) is 11.8 Å². The number of ether oxygens (including phenoxy) is 1. The first-order valence-electron chi connectivity index (χ1n) is 20.7. The summed E-state index contributed by atoms with van der Waals surface area (Å²) in [5.41, 5.74) is 0.613. The number of nitrogens with zero attached hydrogens (tertiary/aromatic N) is 7. The third kappa shape index (κ3) is 10.1. The summed E-state index contributed by atoms with van der Waals surface area (Å²) < 4.78 is 46.5. The summed E-state index contributed by atoms with van der Waals surface area (Å²) >= 11 is 0. The number of rotatable bonds is 13. The average Bonchev–Trinajstić information content (AvgIpc) is 3.51. The third-order valence-electron chi connectivity index (χ3n) is 12.2. The van der Waals surface area contributed by atoms with E-state index in [1.807, 2.05) is 6.07 Å². The molecule has 322 valence electrons. The Bertz CT molecular complexity index is 2160. The average molecular weight is 844 g/mol. The molecule has 0 aliphatic carbocycles. The standard InChI is InChI=1S/C43H48F3N9O6/c1-27(2-8-38(57)48-26-56)55-41(59)34-6-5-31(22-35(34)42(55)60)53-18-10-28(11-19-53)25-52-16-14-33(15-17-52)61-39-9-7-37(50-51-39)49-40(58)29-12-20-54(21-13-29)32-4-3-30(24-47)36(23-32)43(44,45)46/h3-7,9,22-23,26-29,33H,2,8,10-21,25H2,1H3,(H,48,56,57)(H,49,50,58). The Morgan fingerprint density at radius 1 is 0.885 bits per heavy atom. The zero-order valence-electron chi connectivity index (χ0n) is 33.8. The lowest BCUT2D eigenvalue weighted by Gasteiger charge is -2.38. The molecule has 1 aromatic heterocycles. The summed E-state index contributed by atoms with van der Waals surface area (Å²) in [6.07, 6.45) is 0.481. The summed E-state index contributed by atoms with van der Waals surface area (Å²) in [7, 11) is 0. The van der Waals surface area contributed by atoms with Gasteiger partial charge in [-0.1, -0.05) is 0 Å². The van der Waals surface area contributed by atoms with E-state index in [9.17, 15) is 37.1 Å². The van der Waals surface area contributed by atoms with E-state index >= 15 is 0 Å². The molecule has 2 N–H and O–H groups in total. The van der Waals surface area contributed by atoms with Gasteiger partial charge in [0, 0.05) is 81.6 Å². The van der Waals surface area contributed by atoms with Crippen molar-refractivity contribution in [2.75, 3.05) is 60.9 Å². The lowest BCUT2D eigenvalue weighted by molar-refractivity contribution is -0.137. The number of nitriles is 1. The number of hydrogen-bond acceptors (Lipinski definition) is 12. The number of carbonyl (C=O) groups is 5. The quantitative estimate of drug-likeness (QED) is 0.174. The summed E-state index contributed by atoms with van der Waals surface area (Å²) in [4.78, 5) is 69.4. The zero-order chi connectivity index (χ0) is 43.3. The molecule has 0 radical (unpaired) electrons. The van der Waals surface area contributed by atoms with Crippen LogP contribution in [0.2, 0.25) is 0 Å². The molecule has 1 atom stereocenters. The van der Waals surface area contributed by atoms with Crippen molar-refractivity contribution in [3.05, 3.63) is 70.8 Å². The fourth-order valence-electron chi connectivity index (χ4n) is 8.71. The largest absolute Gasteiger partial charge is 0.473 e. The maximum Gasteiger partial charge on any atom is 0.417 e. The van der Waals surface area contributed by atoms with Crippen LogP contribution in [0, 0.1) is 23.2 Å². The maximum atomic E-state index is 13.5. The van der Waals surface area contributed by atoms with Crippen LogP contribution in [0.15, 0.2) is 48.5 Å². The number of halogens is 3. The van der Waals surface area contributed by atoms with Gasteiger partial charge in [-0.3, -0.25) is 34.2 Å². The van der Waals surface area contributed by atoms with Crippen LogP contribution in [0.4, 0.5) is 30.4 Å². The number of aromatic nitrogens is 2. The van der Waals surface area contributed by atoms with Gasteiger partial charge in [-0.2, -0.15) is 18.4 Å². The third-order valence-corrected chi connectivity index (χ3v) is 12.2. The van der Waals surface area contributed by atoms with E-state index in [2.05, 4.69) is 30.6 Å². The number of alkyl halides is 3. The molecular weight excluding hydrogens is 796 g/mol. The molecule has 4 aliphatic heterocycles. The Kier molecular flexibility index (Phi) is 13.2. The molecule has 61 heavy (non-hydrogen) atoms. The van der Waals surface area contributed by atoms with Crippen LogP contribution in [-0.2, 0) is 20.6 Å². The van der Waals surface area contributed by atoms with Crippen molar-refractivity contribution in [1.82, 2.24) is 25.3 Å². The van der Waals surface area contributed by atoms with Crippen molar-refractivity contribution >= 4 is 47.2 Å². The van der Waals surface area contributed by atoms with Crippen LogP contribution in [0.25, 0.3) is 0 Å². The lowest BCUT2D eigenvalue weighted by Crippen LogP contribution is -2.43. The van der Waals surface area contributed by atoms with Gasteiger partial charge in [0.1, 0.15) is 6.10 Å². The number of nitrogens with one attached hydrogen (secondary N) is 2. The Balaban J connectivity index is 0.805. The number of piperidine rings is 3. The highest BCUT2D eigenvalue weighted by atomic mass is 19.4. The molecule has 18 heteroatoms. The van der Waals surface area contributed by atoms with E-state index in [-0.39, 0.29) is 48.4 Å². The van der Waals surface area contributed by atoms with Crippen molar-refractivity contribution < 1.29 is 41.9 Å². The molecule has 3 fully saturated rings. The maximum absolute atomic E-state index is 13.5. The second-order valence-corrected chi connectivity index (χ2v) is 16.2. The summed E-state index contributed by atoms with van der Waals surface area (Å²) in [6, 6.07) is 13.5. The van der Waals surface area contributed by atoms with Gasteiger partial charge in [0.15, 0.2) is 5.82 Å². The second kappa shape index (κ2) is 18.7. The predicted molar refractivity (Wildman–Crippen MR) is 217 cm³/mol. The minimum atomic E-state index is -4.64. The fourth-order valence-corrected chi connectivity index (χ4v) is 8.71. The van der Waals surface area contributed by atoms with Gasteiger partial charge in [0.2, 0.25) is 24.1 Å². The minimum Gasteiger partial charge on any atom is -0.473 e. The van der Waals surface area contributed by atoms with Crippen LogP contribution < -0.4 is 25.2 Å². The number of hydrogen-bond donors (Lipinski definition) is 2. The van der Waals surface area contributed by atoms with Crippen LogP contribution >= 0.6 is 0 Å². The first-order valence-corrected chi connectivity index (χ1v) is 20.7. The van der Waals surface area contributed by atoms with E-state index in [0.29, 0.717) is 61.0 Å². The Labute approximate surface area is 351 Å². The topological polar surface area (TPSA) is 181 Å². The first kappa shape index (κ1) is 43.0. The molecular formula is C43H48F3N9O6. The number of carbonyl (C=O) groups excluding carboxylic acids is 5. The Hall–Kier alpha value is -6.09. The van der Waals surface area contributed by atoms with Gasteiger partial charge in [-0.05, 0) is 100 Å². The highest BCUT2D eigenvalue weighted by Gasteiger charge is 2.39. The van der Waals surface area contributed by atoms with E-state index in [1.54, 1.807) is 42.2 Å². The number of anilines is 3. The molecule has 7 rings (SSSR count). The molecule has 0 bridgehead atoms. The van der Waals surface area contributed by atoms with Gasteiger partial charge in [-0.15, -0.1) is 10.2 Å². The van der Waals surface area contributed by atoms with E-state index in [4.69, 9.17) is 10.00 Å². The smallest absolute Gasteiger partial charge is 0.417 e. The van der Waals surface area contributed by atoms with Crippen LogP contribution in [0.5, 0.6) is 5.88 Å². The van der Waals surface area contributed by atoms with E-state index in [0.717, 1.165) is 70.2 Å². The SMILES string of the molecule is CC(CCC(=O)NC=O)N1C(=O)c2ccc(N3CCC(CN4CCC(Oc5ccc(NC(=O)C6CCN(c7ccc(C#N)c(C(F)(F)F)c7)CC6)nn5)CC4)CC3)cc2C1=O. The monoisotopic (exact) mass is 843 g/mol. The van der Waals surface area contributed by atoms with Crippen molar-refractivity contribution in [3.63, 3.8) is 0 Å². The normalized spacial score (nSPS) is 18.7. The van der Waals surface area contributed by atoms with Crippen molar-refractivity contribution in [3.8, 4) is 11.9 Å². The molecule has 5 amide bonds. The first-order chi connectivity index (χ1) is 29.3. The summed E-state index contributed by atoms with van der Waals surface area (Å²) in [6.45, 7) is 6.92. The number of amides is 5. The molecule has 2 aromatic carbocycles. The number of imide groups is 2. The molecule has 5 heterocycles. The second-order valence-electron chi connectivity index (χ2n) is 16.2. The molecule has 15 nitrogen and oxygen atoms in total. The lowest BCUT2D eigenvalue weighted by atomic mass is 9.94. The number of benzene rings is 2. The van der Waals surface area contributed by atoms with Crippen molar-refractivity contribution in [2.45, 2.75) is 76.6 Å². The Morgan fingerprint density at radius 3 is 2.18 bits per heavy atom. The van der Waals surface area contributed by atoms with Gasteiger partial charge in [-0.25, -0.2) is 0 Å². The van der Waals surface area contributed by atoms with Crippen LogP contribution in [-0.4, -0.2) is 108 Å². The minimum absolute atomic E-state index is 0.0170. The summed E-state index contributed by atoms with van der Waals surface area (Å²) in [5.74, 6) is -0.589. The number of fused-ring (bicyclic) bond motifs is 1. The molecule has 3 saturated heterocycles. The molecule has 3 aromatic rings. The molecule has 1 unspecified atom stereocenters. The fraction of sp³-hybridized carbons (Fsp3) is 0.488. The number of likely N-dealkylation sites (tertiary alicyclic amines) is 1. The molecule has 0 spiro atoms.